The maximum Gasteiger partial charge on any atom is 0.228 e. The summed E-state index contributed by atoms with van der Waals surface area (Å²) in [6, 6.07) is 11.3. The molecule has 32 heavy (non-hydrogen) atoms. The average Bonchev–Trinajstić information content (AvgIpc) is 3.49. The van der Waals surface area contributed by atoms with Crippen molar-refractivity contribution in [3.8, 4) is 5.82 Å². The van der Waals surface area contributed by atoms with Crippen molar-refractivity contribution in [1.29, 1.82) is 0 Å². The molecule has 11 heteroatoms. The summed E-state index contributed by atoms with van der Waals surface area (Å²) in [6.45, 7) is 2.93. The van der Waals surface area contributed by atoms with Crippen LogP contribution in [0.3, 0.4) is 0 Å². The van der Waals surface area contributed by atoms with Crippen molar-refractivity contribution in [2.45, 2.75) is 6.42 Å². The Bertz CT molecular complexity index is 1110. The summed E-state index contributed by atoms with van der Waals surface area (Å²) in [7, 11) is 0. The highest BCUT2D eigenvalue weighted by molar-refractivity contribution is 9.10. The summed E-state index contributed by atoms with van der Waals surface area (Å²) in [6.07, 6.45) is 3.27. The molecule has 4 heterocycles. The van der Waals surface area contributed by atoms with E-state index in [0.29, 0.717) is 38.5 Å². The first-order valence-electron chi connectivity index (χ1n) is 10.4. The molecule has 5 rings (SSSR count). The Labute approximate surface area is 193 Å². The summed E-state index contributed by atoms with van der Waals surface area (Å²) in [4.78, 5) is 35.2. The topological polar surface area (TPSA) is 100 Å². The van der Waals surface area contributed by atoms with E-state index in [9.17, 15) is 9.59 Å². The minimum Gasteiger partial charge on any atom is -0.352 e. The van der Waals surface area contributed by atoms with E-state index in [2.05, 4.69) is 41.1 Å². The molecule has 2 aromatic heterocycles. The maximum atomic E-state index is 13.1. The van der Waals surface area contributed by atoms with Gasteiger partial charge in [-0.1, -0.05) is 22.0 Å². The molecule has 2 aliphatic rings. The quantitative estimate of drug-likeness (QED) is 0.539. The molecule has 2 saturated heterocycles. The van der Waals surface area contributed by atoms with Crippen LogP contribution in [-0.4, -0.2) is 74.4 Å². The highest BCUT2D eigenvalue weighted by Crippen LogP contribution is 2.28. The smallest absolute Gasteiger partial charge is 0.228 e. The van der Waals surface area contributed by atoms with Crippen molar-refractivity contribution in [1.82, 2.24) is 29.9 Å². The van der Waals surface area contributed by atoms with Crippen LogP contribution in [0, 0.1) is 5.92 Å². The standard InChI is InChI=1S/C21H21BrN8O2/c22-16-2-1-3-17(11-16)29-12-15(10-20(29)31)21(32)28-8-6-27(7-9-28)18-4-5-19(26-25-18)30-14-23-13-24-30/h1-5,11,13-15H,6-10,12H2. The average molecular weight is 497 g/mol. The number of piperazine rings is 1. The molecule has 164 valence electrons. The van der Waals surface area contributed by atoms with E-state index < -0.39 is 0 Å². The lowest BCUT2D eigenvalue weighted by molar-refractivity contribution is -0.136. The van der Waals surface area contributed by atoms with Crippen LogP contribution in [0.4, 0.5) is 11.5 Å². The molecule has 2 amide bonds. The number of aromatic nitrogens is 5. The molecular formula is C21H21BrN8O2. The highest BCUT2D eigenvalue weighted by Gasteiger charge is 2.38. The normalized spacial score (nSPS) is 19.0. The van der Waals surface area contributed by atoms with Gasteiger partial charge in [0.25, 0.3) is 0 Å². The zero-order valence-electron chi connectivity index (χ0n) is 17.2. The van der Waals surface area contributed by atoms with Crippen LogP contribution < -0.4 is 9.80 Å². The third-order valence-corrected chi connectivity index (χ3v) is 6.29. The SMILES string of the molecule is O=C(C1CC(=O)N(c2cccc(Br)c2)C1)N1CCN(c2ccc(-n3cncn3)nn2)CC1. The van der Waals surface area contributed by atoms with E-state index in [1.165, 1.54) is 6.33 Å². The van der Waals surface area contributed by atoms with Crippen LogP contribution in [0.2, 0.25) is 0 Å². The summed E-state index contributed by atoms with van der Waals surface area (Å²) in [5.41, 5.74) is 0.817. The zero-order valence-corrected chi connectivity index (χ0v) is 18.8. The van der Waals surface area contributed by atoms with Crippen LogP contribution in [0.25, 0.3) is 5.82 Å². The predicted octanol–water partition coefficient (Wildman–Crippen LogP) is 1.52. The van der Waals surface area contributed by atoms with Crippen molar-refractivity contribution >= 4 is 39.2 Å². The summed E-state index contributed by atoms with van der Waals surface area (Å²) < 4.78 is 2.46. The fraction of sp³-hybridized carbons (Fsp3) is 0.333. The number of carbonyl (C=O) groups excluding carboxylic acids is 2. The lowest BCUT2D eigenvalue weighted by atomic mass is 10.1. The van der Waals surface area contributed by atoms with Crippen LogP contribution in [0.15, 0.2) is 53.5 Å². The molecule has 2 aliphatic heterocycles. The highest BCUT2D eigenvalue weighted by atomic mass is 79.9. The van der Waals surface area contributed by atoms with Gasteiger partial charge in [0.15, 0.2) is 11.6 Å². The molecule has 0 spiro atoms. The molecule has 0 saturated carbocycles. The monoisotopic (exact) mass is 496 g/mol. The van der Waals surface area contributed by atoms with Crippen LogP contribution in [0.1, 0.15) is 6.42 Å². The van der Waals surface area contributed by atoms with Gasteiger partial charge < -0.3 is 14.7 Å². The fourth-order valence-electron chi connectivity index (χ4n) is 4.12. The van der Waals surface area contributed by atoms with Crippen molar-refractivity contribution in [3.05, 3.63) is 53.5 Å². The van der Waals surface area contributed by atoms with Gasteiger partial charge in [0.2, 0.25) is 11.8 Å². The number of benzene rings is 1. The number of nitrogens with zero attached hydrogens (tertiary/aromatic N) is 8. The van der Waals surface area contributed by atoms with Crippen molar-refractivity contribution < 1.29 is 9.59 Å². The minimum absolute atomic E-state index is 0.0113. The number of amides is 2. The Balaban J connectivity index is 1.18. The van der Waals surface area contributed by atoms with Gasteiger partial charge >= 0.3 is 0 Å². The van der Waals surface area contributed by atoms with Crippen molar-refractivity contribution in [2.24, 2.45) is 5.92 Å². The minimum atomic E-state index is -0.310. The third kappa shape index (κ3) is 4.07. The Morgan fingerprint density at radius 3 is 2.50 bits per heavy atom. The van der Waals surface area contributed by atoms with E-state index in [4.69, 9.17) is 0 Å². The summed E-state index contributed by atoms with van der Waals surface area (Å²) >= 11 is 3.44. The van der Waals surface area contributed by atoms with Gasteiger partial charge in [-0.25, -0.2) is 9.67 Å². The summed E-state index contributed by atoms with van der Waals surface area (Å²) in [5.74, 6) is 1.08. The number of rotatable bonds is 4. The second-order valence-corrected chi connectivity index (χ2v) is 8.70. The number of hydrogen-bond acceptors (Lipinski definition) is 7. The van der Waals surface area contributed by atoms with Crippen LogP contribution in [-0.2, 0) is 9.59 Å². The molecule has 0 aliphatic carbocycles. The van der Waals surface area contributed by atoms with Gasteiger partial charge in [-0.2, -0.15) is 5.10 Å². The fourth-order valence-corrected chi connectivity index (χ4v) is 4.50. The zero-order chi connectivity index (χ0) is 22.1. The van der Waals surface area contributed by atoms with E-state index >= 15 is 0 Å². The van der Waals surface area contributed by atoms with Gasteiger partial charge in [-0.3, -0.25) is 9.59 Å². The summed E-state index contributed by atoms with van der Waals surface area (Å²) in [5, 5.41) is 12.5. The molecule has 1 atom stereocenters. The Hall–Kier alpha value is -3.34. The van der Waals surface area contributed by atoms with E-state index in [-0.39, 0.29) is 24.2 Å². The largest absolute Gasteiger partial charge is 0.352 e. The molecular weight excluding hydrogens is 476 g/mol. The lowest BCUT2D eigenvalue weighted by Gasteiger charge is -2.36. The first-order valence-corrected chi connectivity index (χ1v) is 11.2. The second-order valence-electron chi connectivity index (χ2n) is 7.79. The Morgan fingerprint density at radius 1 is 1.03 bits per heavy atom. The maximum absolute atomic E-state index is 13.1. The number of hydrogen-bond donors (Lipinski definition) is 0. The molecule has 1 unspecified atom stereocenters. The van der Waals surface area contributed by atoms with Gasteiger partial charge in [0.05, 0.1) is 5.92 Å². The molecule has 3 aromatic rings. The third-order valence-electron chi connectivity index (χ3n) is 5.80. The lowest BCUT2D eigenvalue weighted by Crippen LogP contribution is -2.51. The van der Waals surface area contributed by atoms with Crippen molar-refractivity contribution in [3.63, 3.8) is 0 Å². The van der Waals surface area contributed by atoms with Gasteiger partial charge in [-0.15, -0.1) is 10.2 Å². The van der Waals surface area contributed by atoms with Gasteiger partial charge in [-0.05, 0) is 30.3 Å². The number of carbonyl (C=O) groups is 2. The van der Waals surface area contributed by atoms with Gasteiger partial charge in [0.1, 0.15) is 12.7 Å². The van der Waals surface area contributed by atoms with E-state index in [1.807, 2.05) is 41.3 Å². The van der Waals surface area contributed by atoms with Gasteiger partial charge in [0, 0.05) is 49.3 Å². The first kappa shape index (κ1) is 20.6. The molecule has 10 nitrogen and oxygen atoms in total. The molecule has 1 aromatic carbocycles. The van der Waals surface area contributed by atoms with Crippen LogP contribution >= 0.6 is 15.9 Å². The van der Waals surface area contributed by atoms with E-state index in [1.54, 1.807) is 15.9 Å². The Morgan fingerprint density at radius 2 is 1.81 bits per heavy atom. The van der Waals surface area contributed by atoms with E-state index in [0.717, 1.165) is 16.0 Å². The van der Waals surface area contributed by atoms with Crippen molar-refractivity contribution in [2.75, 3.05) is 42.5 Å². The molecule has 2 fully saturated rings. The Kier molecular flexibility index (Phi) is 5.56. The molecule has 0 bridgehead atoms. The second kappa shape index (κ2) is 8.65. The number of halogens is 1. The van der Waals surface area contributed by atoms with Crippen LogP contribution in [0.5, 0.6) is 0 Å². The number of anilines is 2. The molecule has 0 radical (unpaired) electrons. The predicted molar refractivity (Wildman–Crippen MR) is 120 cm³/mol. The first-order chi connectivity index (χ1) is 15.6. The molecule has 0 N–H and O–H groups in total.